The number of amides is 2. The Hall–Kier alpha value is -0.500. The van der Waals surface area contributed by atoms with Crippen LogP contribution in [0.3, 0.4) is 0 Å². The van der Waals surface area contributed by atoms with Crippen LogP contribution in [0.5, 0.6) is 0 Å². The SMILES string of the molecule is CC1(C)SCC1NC(=O)N1CC2(C[C@@H]1CO)OCCO2. The molecule has 3 aliphatic rings. The van der Waals surface area contributed by atoms with Gasteiger partial charge < -0.3 is 24.8 Å². The van der Waals surface area contributed by atoms with Gasteiger partial charge in [0.05, 0.1) is 38.4 Å². The summed E-state index contributed by atoms with van der Waals surface area (Å²) >= 11 is 1.85. The van der Waals surface area contributed by atoms with Crippen molar-refractivity contribution in [2.24, 2.45) is 0 Å². The van der Waals surface area contributed by atoms with Crippen molar-refractivity contribution in [2.45, 2.75) is 42.9 Å². The molecule has 0 radical (unpaired) electrons. The van der Waals surface area contributed by atoms with Gasteiger partial charge in [0.25, 0.3) is 0 Å². The molecule has 3 rings (SSSR count). The molecule has 0 saturated carbocycles. The molecule has 2 N–H and O–H groups in total. The third-order valence-corrected chi connectivity index (χ3v) is 5.97. The molecule has 1 spiro atoms. The van der Waals surface area contributed by atoms with E-state index in [0.29, 0.717) is 26.2 Å². The number of aliphatic hydroxyl groups is 1. The lowest BCUT2D eigenvalue weighted by atomic mass is 10.0. The van der Waals surface area contributed by atoms with Gasteiger partial charge in [-0.1, -0.05) is 0 Å². The van der Waals surface area contributed by atoms with E-state index in [-0.39, 0.29) is 29.5 Å². The van der Waals surface area contributed by atoms with Crippen molar-refractivity contribution in [3.8, 4) is 0 Å². The zero-order chi connectivity index (χ0) is 14.4. The monoisotopic (exact) mass is 302 g/mol. The number of rotatable bonds is 2. The van der Waals surface area contributed by atoms with Crippen LogP contribution in [0.15, 0.2) is 0 Å². The molecular weight excluding hydrogens is 280 g/mol. The molecular formula is C13H22N2O4S. The average Bonchev–Trinajstić information content (AvgIpc) is 3.02. The van der Waals surface area contributed by atoms with E-state index < -0.39 is 5.79 Å². The molecule has 3 heterocycles. The molecule has 2 atom stereocenters. The van der Waals surface area contributed by atoms with E-state index in [1.54, 1.807) is 4.90 Å². The minimum atomic E-state index is -0.700. The van der Waals surface area contributed by atoms with E-state index in [0.717, 1.165) is 5.75 Å². The minimum absolute atomic E-state index is 0.0648. The quantitative estimate of drug-likeness (QED) is 0.772. The van der Waals surface area contributed by atoms with Crippen LogP contribution in [0.2, 0.25) is 0 Å². The summed E-state index contributed by atoms with van der Waals surface area (Å²) in [4.78, 5) is 14.1. The summed E-state index contributed by atoms with van der Waals surface area (Å²) in [7, 11) is 0. The Morgan fingerprint density at radius 3 is 2.65 bits per heavy atom. The summed E-state index contributed by atoms with van der Waals surface area (Å²) in [5.41, 5.74) is 0. The fraction of sp³-hybridized carbons (Fsp3) is 0.923. The number of hydrogen-bond acceptors (Lipinski definition) is 5. The van der Waals surface area contributed by atoms with Crippen LogP contribution in [0.1, 0.15) is 20.3 Å². The van der Waals surface area contributed by atoms with Gasteiger partial charge in [0, 0.05) is 16.9 Å². The zero-order valence-corrected chi connectivity index (χ0v) is 12.7. The second kappa shape index (κ2) is 5.05. The van der Waals surface area contributed by atoms with Gasteiger partial charge in [0.2, 0.25) is 0 Å². The number of urea groups is 1. The Labute approximate surface area is 123 Å². The molecule has 0 aromatic rings. The lowest BCUT2D eigenvalue weighted by Gasteiger charge is -2.44. The number of nitrogens with zero attached hydrogens (tertiary/aromatic N) is 1. The maximum absolute atomic E-state index is 12.4. The van der Waals surface area contributed by atoms with Crippen molar-refractivity contribution < 1.29 is 19.4 Å². The van der Waals surface area contributed by atoms with Crippen LogP contribution in [-0.2, 0) is 9.47 Å². The van der Waals surface area contributed by atoms with Gasteiger partial charge in [-0.2, -0.15) is 11.8 Å². The van der Waals surface area contributed by atoms with Gasteiger partial charge in [0.15, 0.2) is 5.79 Å². The molecule has 0 aliphatic carbocycles. The predicted octanol–water partition coefficient (Wildman–Crippen LogP) is 0.400. The largest absolute Gasteiger partial charge is 0.394 e. The zero-order valence-electron chi connectivity index (χ0n) is 11.9. The molecule has 3 saturated heterocycles. The van der Waals surface area contributed by atoms with Crippen LogP contribution in [0.25, 0.3) is 0 Å². The number of carbonyl (C=O) groups excluding carboxylic acids is 1. The summed E-state index contributed by atoms with van der Waals surface area (Å²) in [6.45, 7) is 5.70. The normalized spacial score (nSPS) is 34.2. The lowest BCUT2D eigenvalue weighted by molar-refractivity contribution is -0.144. The Balaban J connectivity index is 1.64. The molecule has 7 heteroatoms. The van der Waals surface area contributed by atoms with E-state index in [1.165, 1.54) is 0 Å². The molecule has 3 aliphatic heterocycles. The van der Waals surface area contributed by atoms with Gasteiger partial charge in [-0.3, -0.25) is 0 Å². The van der Waals surface area contributed by atoms with Gasteiger partial charge >= 0.3 is 6.03 Å². The molecule has 3 fully saturated rings. The van der Waals surface area contributed by atoms with Gasteiger partial charge in [0.1, 0.15) is 0 Å². The van der Waals surface area contributed by atoms with Gasteiger partial charge in [-0.05, 0) is 13.8 Å². The van der Waals surface area contributed by atoms with E-state index in [1.807, 2.05) is 11.8 Å². The third-order valence-electron chi connectivity index (χ3n) is 4.44. The second-order valence-electron chi connectivity index (χ2n) is 6.19. The number of ether oxygens (including phenoxy) is 2. The first kappa shape index (κ1) is 14.4. The smallest absolute Gasteiger partial charge is 0.318 e. The standard InChI is InChI=1S/C13H22N2O4S/c1-12(2)10(7-20-12)14-11(17)15-8-13(5-9(15)6-16)18-3-4-19-13/h9-10,16H,3-8H2,1-2H3,(H,14,17)/t9-,10?/m1/s1. The fourth-order valence-corrected chi connectivity index (χ4v) is 4.12. The van der Waals surface area contributed by atoms with Crippen LogP contribution >= 0.6 is 11.8 Å². The molecule has 1 unspecified atom stereocenters. The van der Waals surface area contributed by atoms with Crippen LogP contribution in [-0.4, -0.2) is 70.8 Å². The molecule has 6 nitrogen and oxygen atoms in total. The molecule has 2 amide bonds. The highest BCUT2D eigenvalue weighted by atomic mass is 32.2. The van der Waals surface area contributed by atoms with Crippen molar-refractivity contribution in [3.63, 3.8) is 0 Å². The van der Waals surface area contributed by atoms with E-state index in [2.05, 4.69) is 19.2 Å². The second-order valence-corrected chi connectivity index (χ2v) is 7.87. The first-order valence-electron chi connectivity index (χ1n) is 7.06. The van der Waals surface area contributed by atoms with E-state index in [4.69, 9.17) is 9.47 Å². The summed E-state index contributed by atoms with van der Waals surface area (Å²) in [5.74, 6) is 0.239. The Morgan fingerprint density at radius 1 is 1.45 bits per heavy atom. The number of aliphatic hydroxyl groups excluding tert-OH is 1. The molecule has 114 valence electrons. The van der Waals surface area contributed by atoms with Crippen molar-refractivity contribution in [1.29, 1.82) is 0 Å². The number of likely N-dealkylation sites (tertiary alicyclic amines) is 1. The number of carbonyl (C=O) groups is 1. The van der Waals surface area contributed by atoms with Gasteiger partial charge in [-0.15, -0.1) is 0 Å². The Kier molecular flexibility index (Phi) is 3.64. The first-order chi connectivity index (χ1) is 9.46. The molecule has 0 aromatic carbocycles. The highest BCUT2D eigenvalue weighted by molar-refractivity contribution is 8.02. The van der Waals surface area contributed by atoms with Crippen molar-refractivity contribution in [2.75, 3.05) is 32.1 Å². The maximum Gasteiger partial charge on any atom is 0.318 e. The fourth-order valence-electron chi connectivity index (χ4n) is 2.98. The maximum atomic E-state index is 12.4. The van der Waals surface area contributed by atoms with E-state index in [9.17, 15) is 9.90 Å². The topological polar surface area (TPSA) is 71.0 Å². The average molecular weight is 302 g/mol. The lowest BCUT2D eigenvalue weighted by Crippen LogP contribution is -2.59. The molecule has 0 aromatic heterocycles. The summed E-state index contributed by atoms with van der Waals surface area (Å²) in [6, 6.07) is -0.177. The highest BCUT2D eigenvalue weighted by Crippen LogP contribution is 2.40. The Bertz CT molecular complexity index is 398. The summed E-state index contributed by atoms with van der Waals surface area (Å²) in [5, 5.41) is 12.6. The number of hydrogen-bond donors (Lipinski definition) is 2. The van der Waals surface area contributed by atoms with E-state index >= 15 is 0 Å². The van der Waals surface area contributed by atoms with Crippen LogP contribution in [0.4, 0.5) is 4.79 Å². The highest BCUT2D eigenvalue weighted by Gasteiger charge is 2.51. The number of nitrogens with one attached hydrogen (secondary N) is 1. The number of thioether (sulfide) groups is 1. The van der Waals surface area contributed by atoms with Crippen LogP contribution in [0, 0.1) is 0 Å². The predicted molar refractivity (Wildman–Crippen MR) is 75.7 cm³/mol. The Morgan fingerprint density at radius 2 is 2.15 bits per heavy atom. The first-order valence-corrected chi connectivity index (χ1v) is 8.04. The summed E-state index contributed by atoms with van der Waals surface area (Å²) in [6.07, 6.45) is 0.541. The third kappa shape index (κ3) is 2.41. The summed E-state index contributed by atoms with van der Waals surface area (Å²) < 4.78 is 11.4. The van der Waals surface area contributed by atoms with Crippen molar-refractivity contribution in [1.82, 2.24) is 10.2 Å². The van der Waals surface area contributed by atoms with Crippen molar-refractivity contribution in [3.05, 3.63) is 0 Å². The van der Waals surface area contributed by atoms with Crippen molar-refractivity contribution >= 4 is 17.8 Å². The van der Waals surface area contributed by atoms with Gasteiger partial charge in [-0.25, -0.2) is 4.79 Å². The molecule has 0 bridgehead atoms. The van der Waals surface area contributed by atoms with Crippen LogP contribution < -0.4 is 5.32 Å². The minimum Gasteiger partial charge on any atom is -0.394 e. The molecule has 20 heavy (non-hydrogen) atoms.